The molecule has 1 aliphatic carbocycles. The van der Waals surface area contributed by atoms with Gasteiger partial charge in [-0.3, -0.25) is 0 Å². The first-order valence-electron chi connectivity index (χ1n) is 4.33. The normalized spacial score (nSPS) is 27.0. The molecule has 72 valence electrons. The zero-order chi connectivity index (χ0) is 9.24. The van der Waals surface area contributed by atoms with Gasteiger partial charge >= 0.3 is 0 Å². The van der Waals surface area contributed by atoms with E-state index >= 15 is 0 Å². The van der Waals surface area contributed by atoms with Crippen molar-refractivity contribution >= 4 is 0 Å². The van der Waals surface area contributed by atoms with Gasteiger partial charge in [-0.05, 0) is 19.8 Å². The third-order valence-electron chi connectivity index (χ3n) is 2.80. The van der Waals surface area contributed by atoms with E-state index in [4.69, 9.17) is 9.47 Å². The van der Waals surface area contributed by atoms with Gasteiger partial charge in [-0.15, -0.1) is 0 Å². The molecule has 0 heterocycles. The highest BCUT2D eigenvalue weighted by Gasteiger charge is 2.40. The molecule has 2 nitrogen and oxygen atoms in total. The second-order valence-corrected chi connectivity index (χ2v) is 3.73. The lowest BCUT2D eigenvalue weighted by Gasteiger charge is -2.39. The van der Waals surface area contributed by atoms with E-state index in [-0.39, 0.29) is 0 Å². The molecular weight excluding hydrogens is 159 g/mol. The Labute approximate surface area is 73.0 Å². The lowest BCUT2D eigenvalue weighted by atomic mass is 9.84. The summed E-state index contributed by atoms with van der Waals surface area (Å²) in [6.45, 7) is 1.64. The molecular formula is C9H17FO2. The van der Waals surface area contributed by atoms with Crippen LogP contribution in [0.1, 0.15) is 32.6 Å². The van der Waals surface area contributed by atoms with Gasteiger partial charge in [-0.1, -0.05) is 0 Å². The fraction of sp³-hybridized carbons (Fsp3) is 1.00. The van der Waals surface area contributed by atoms with Crippen molar-refractivity contribution < 1.29 is 13.9 Å². The van der Waals surface area contributed by atoms with E-state index < -0.39 is 11.5 Å². The molecule has 0 spiro atoms. The Morgan fingerprint density at radius 3 is 1.75 bits per heavy atom. The second kappa shape index (κ2) is 3.30. The Kier molecular flexibility index (Phi) is 2.74. The van der Waals surface area contributed by atoms with Crippen LogP contribution in [0.15, 0.2) is 0 Å². The summed E-state index contributed by atoms with van der Waals surface area (Å²) in [6.07, 6.45) is 2.34. The Morgan fingerprint density at radius 2 is 1.42 bits per heavy atom. The summed E-state index contributed by atoms with van der Waals surface area (Å²) in [5.41, 5.74) is -1.03. The van der Waals surface area contributed by atoms with Crippen molar-refractivity contribution in [2.45, 2.75) is 44.1 Å². The van der Waals surface area contributed by atoms with Crippen LogP contribution in [0.5, 0.6) is 0 Å². The van der Waals surface area contributed by atoms with Crippen molar-refractivity contribution in [2.75, 3.05) is 14.2 Å². The molecule has 0 atom stereocenters. The number of rotatable bonds is 2. The van der Waals surface area contributed by atoms with Crippen molar-refractivity contribution in [3.63, 3.8) is 0 Å². The summed E-state index contributed by atoms with van der Waals surface area (Å²) in [5, 5.41) is 0. The first-order chi connectivity index (χ1) is 5.54. The molecule has 0 radical (unpaired) electrons. The molecule has 1 saturated carbocycles. The highest BCUT2D eigenvalue weighted by atomic mass is 19.1. The lowest BCUT2D eigenvalue weighted by Crippen LogP contribution is -2.42. The molecule has 0 saturated heterocycles. The third kappa shape index (κ3) is 1.96. The zero-order valence-corrected chi connectivity index (χ0v) is 8.02. The van der Waals surface area contributed by atoms with Crippen molar-refractivity contribution in [3.05, 3.63) is 0 Å². The number of alkyl halides is 1. The van der Waals surface area contributed by atoms with Gasteiger partial charge < -0.3 is 9.47 Å². The summed E-state index contributed by atoms with van der Waals surface area (Å²) in [5.74, 6) is -0.522. The number of hydrogen-bond donors (Lipinski definition) is 0. The summed E-state index contributed by atoms with van der Waals surface area (Å²) in [6, 6.07) is 0. The van der Waals surface area contributed by atoms with Crippen molar-refractivity contribution in [2.24, 2.45) is 0 Å². The van der Waals surface area contributed by atoms with Crippen LogP contribution < -0.4 is 0 Å². The average Bonchev–Trinajstić information content (AvgIpc) is 2.06. The van der Waals surface area contributed by atoms with Gasteiger partial charge in [-0.2, -0.15) is 0 Å². The van der Waals surface area contributed by atoms with Gasteiger partial charge in [0.2, 0.25) is 0 Å². The monoisotopic (exact) mass is 176 g/mol. The maximum atomic E-state index is 13.4. The number of ether oxygens (including phenoxy) is 2. The van der Waals surface area contributed by atoms with Gasteiger partial charge in [0.1, 0.15) is 5.67 Å². The van der Waals surface area contributed by atoms with Gasteiger partial charge in [-0.25, -0.2) is 4.39 Å². The van der Waals surface area contributed by atoms with Crippen LogP contribution in [0.2, 0.25) is 0 Å². The van der Waals surface area contributed by atoms with Crippen molar-refractivity contribution in [1.82, 2.24) is 0 Å². The maximum absolute atomic E-state index is 13.4. The first kappa shape index (κ1) is 9.93. The highest BCUT2D eigenvalue weighted by Crippen LogP contribution is 2.39. The van der Waals surface area contributed by atoms with Crippen molar-refractivity contribution in [3.8, 4) is 0 Å². The molecule has 0 N–H and O–H groups in total. The first-order valence-corrected chi connectivity index (χ1v) is 4.33. The van der Waals surface area contributed by atoms with E-state index in [1.165, 1.54) is 0 Å². The van der Waals surface area contributed by atoms with E-state index in [0.717, 1.165) is 0 Å². The standard InChI is InChI=1S/C9H17FO2/c1-8(10)4-6-9(11-2,12-3)7-5-8/h4-7H2,1-3H3. The predicted molar refractivity (Wildman–Crippen MR) is 44.7 cm³/mol. The summed E-state index contributed by atoms with van der Waals surface area (Å²) in [4.78, 5) is 0. The fourth-order valence-corrected chi connectivity index (χ4v) is 1.64. The largest absolute Gasteiger partial charge is 0.353 e. The SMILES string of the molecule is COC1(OC)CCC(C)(F)CC1. The molecule has 0 unspecified atom stereocenters. The minimum atomic E-state index is -1.03. The van der Waals surface area contributed by atoms with Crippen LogP contribution in [-0.4, -0.2) is 25.7 Å². The molecule has 0 amide bonds. The number of hydrogen-bond acceptors (Lipinski definition) is 2. The van der Waals surface area contributed by atoms with Crippen LogP contribution in [0.4, 0.5) is 4.39 Å². The van der Waals surface area contributed by atoms with E-state index in [1.54, 1.807) is 21.1 Å². The fourth-order valence-electron chi connectivity index (χ4n) is 1.64. The molecule has 1 aliphatic rings. The Bertz CT molecular complexity index is 141. The van der Waals surface area contributed by atoms with E-state index in [9.17, 15) is 4.39 Å². The molecule has 3 heteroatoms. The molecule has 1 rings (SSSR count). The van der Waals surface area contributed by atoms with Gasteiger partial charge in [0.15, 0.2) is 5.79 Å². The van der Waals surface area contributed by atoms with Crippen LogP contribution in [0.3, 0.4) is 0 Å². The zero-order valence-electron chi connectivity index (χ0n) is 8.02. The van der Waals surface area contributed by atoms with E-state index in [2.05, 4.69) is 0 Å². The van der Waals surface area contributed by atoms with Crippen LogP contribution in [0.25, 0.3) is 0 Å². The molecule has 0 aliphatic heterocycles. The van der Waals surface area contributed by atoms with Crippen molar-refractivity contribution in [1.29, 1.82) is 0 Å². The molecule has 12 heavy (non-hydrogen) atoms. The summed E-state index contributed by atoms with van der Waals surface area (Å²) in [7, 11) is 3.23. The van der Waals surface area contributed by atoms with Crippen LogP contribution in [0, 0.1) is 0 Å². The molecule has 0 aromatic heterocycles. The molecule has 0 aromatic carbocycles. The van der Waals surface area contributed by atoms with E-state index in [1.807, 2.05) is 0 Å². The number of methoxy groups -OCH3 is 2. The van der Waals surface area contributed by atoms with Gasteiger partial charge in [0.25, 0.3) is 0 Å². The Morgan fingerprint density at radius 1 is 1.00 bits per heavy atom. The molecule has 0 bridgehead atoms. The second-order valence-electron chi connectivity index (χ2n) is 3.73. The Balaban J connectivity index is 2.53. The predicted octanol–water partition coefficient (Wildman–Crippen LogP) is 2.28. The minimum Gasteiger partial charge on any atom is -0.353 e. The maximum Gasteiger partial charge on any atom is 0.167 e. The number of halogens is 1. The van der Waals surface area contributed by atoms with Crippen LogP contribution in [-0.2, 0) is 9.47 Å². The highest BCUT2D eigenvalue weighted by molar-refractivity contribution is 4.86. The smallest absolute Gasteiger partial charge is 0.167 e. The Hall–Kier alpha value is -0.150. The minimum absolute atomic E-state index is 0.522. The quantitative estimate of drug-likeness (QED) is 0.601. The lowest BCUT2D eigenvalue weighted by molar-refractivity contribution is -0.234. The topological polar surface area (TPSA) is 18.5 Å². The molecule has 0 aromatic rings. The van der Waals surface area contributed by atoms with Gasteiger partial charge in [0, 0.05) is 27.1 Å². The summed E-state index contributed by atoms with van der Waals surface area (Å²) >= 11 is 0. The van der Waals surface area contributed by atoms with Crippen LogP contribution >= 0.6 is 0 Å². The van der Waals surface area contributed by atoms with E-state index in [0.29, 0.717) is 25.7 Å². The average molecular weight is 176 g/mol. The summed E-state index contributed by atoms with van der Waals surface area (Å²) < 4.78 is 23.8. The molecule has 1 fully saturated rings. The third-order valence-corrected chi connectivity index (χ3v) is 2.80. The van der Waals surface area contributed by atoms with Gasteiger partial charge in [0.05, 0.1) is 0 Å².